The van der Waals surface area contributed by atoms with Crippen LogP contribution in [0, 0.1) is 6.92 Å². The van der Waals surface area contributed by atoms with Gasteiger partial charge in [0.25, 0.3) is 11.1 Å². The molecule has 31 heavy (non-hydrogen) atoms. The van der Waals surface area contributed by atoms with Crippen LogP contribution < -0.4 is 15.7 Å². The molecule has 0 atom stereocenters. The molecule has 0 unspecified atom stereocenters. The van der Waals surface area contributed by atoms with Crippen molar-refractivity contribution in [2.24, 2.45) is 0 Å². The van der Waals surface area contributed by atoms with Gasteiger partial charge < -0.3 is 0 Å². The summed E-state index contributed by atoms with van der Waals surface area (Å²) in [7, 11) is 0. The van der Waals surface area contributed by atoms with E-state index in [9.17, 15) is 9.59 Å². The van der Waals surface area contributed by atoms with E-state index < -0.39 is 5.56 Å². The highest BCUT2D eigenvalue weighted by molar-refractivity contribution is 7.15. The van der Waals surface area contributed by atoms with Crippen LogP contribution in [0.1, 0.15) is 11.3 Å². The van der Waals surface area contributed by atoms with Crippen molar-refractivity contribution in [3.63, 3.8) is 0 Å². The molecule has 0 saturated carbocycles. The third kappa shape index (κ3) is 3.56. The lowest BCUT2D eigenvalue weighted by Crippen LogP contribution is -2.27. The van der Waals surface area contributed by atoms with E-state index in [2.05, 4.69) is 10.1 Å². The third-order valence-electron chi connectivity index (χ3n) is 4.71. The first-order valence-corrected chi connectivity index (χ1v) is 10.5. The molecule has 5 rings (SSSR count). The summed E-state index contributed by atoms with van der Waals surface area (Å²) in [5, 5.41) is 9.43. The molecule has 7 nitrogen and oxygen atoms in total. The second kappa shape index (κ2) is 7.57. The number of hydrogen-bond acceptors (Lipinski definition) is 6. The van der Waals surface area contributed by atoms with Crippen molar-refractivity contribution in [1.29, 1.82) is 0 Å². The standard InChI is InChI=1S/C22H14ClN5O2S/c1-13-20(29)24-22-28(25-13)21(30)18(31-22)11-15-12-27(17-5-3-2-4-6-17)26-19(15)14-7-9-16(23)10-8-14/h2-12H,1H3/b18-11-. The monoisotopic (exact) mass is 447 g/mol. The number of aryl methyl sites for hydroxylation is 1. The van der Waals surface area contributed by atoms with Gasteiger partial charge in [-0.2, -0.15) is 19.7 Å². The molecule has 0 aliphatic heterocycles. The summed E-state index contributed by atoms with van der Waals surface area (Å²) in [5.74, 6) is 0. The lowest BCUT2D eigenvalue weighted by atomic mass is 10.1. The zero-order chi connectivity index (χ0) is 21.5. The maximum atomic E-state index is 12.9. The smallest absolute Gasteiger partial charge is 0.266 e. The molecule has 0 fully saturated rings. The molecule has 0 aliphatic carbocycles. The second-order valence-electron chi connectivity index (χ2n) is 6.83. The molecule has 0 bridgehead atoms. The van der Waals surface area contributed by atoms with E-state index >= 15 is 0 Å². The van der Waals surface area contributed by atoms with Gasteiger partial charge in [-0.1, -0.05) is 53.3 Å². The van der Waals surface area contributed by atoms with Gasteiger partial charge in [-0.25, -0.2) is 4.68 Å². The summed E-state index contributed by atoms with van der Waals surface area (Å²) in [6.45, 7) is 1.53. The van der Waals surface area contributed by atoms with Gasteiger partial charge in [0.05, 0.1) is 10.2 Å². The van der Waals surface area contributed by atoms with Crippen molar-refractivity contribution < 1.29 is 0 Å². The maximum absolute atomic E-state index is 12.9. The van der Waals surface area contributed by atoms with Crippen LogP contribution in [0.5, 0.6) is 0 Å². The van der Waals surface area contributed by atoms with Crippen molar-refractivity contribution in [2.75, 3.05) is 0 Å². The average Bonchev–Trinajstić information content (AvgIpc) is 3.32. The molecule has 0 spiro atoms. The Kier molecular flexibility index (Phi) is 4.72. The first-order valence-electron chi connectivity index (χ1n) is 9.33. The summed E-state index contributed by atoms with van der Waals surface area (Å²) in [6.07, 6.45) is 3.61. The number of hydrogen-bond donors (Lipinski definition) is 0. The molecule has 0 N–H and O–H groups in total. The van der Waals surface area contributed by atoms with E-state index in [1.54, 1.807) is 22.9 Å². The van der Waals surface area contributed by atoms with Gasteiger partial charge in [0, 0.05) is 22.3 Å². The second-order valence-corrected chi connectivity index (χ2v) is 8.28. The number of benzene rings is 2. The first-order chi connectivity index (χ1) is 15.0. The number of para-hydroxylation sites is 1. The van der Waals surface area contributed by atoms with Crippen LogP contribution in [0.25, 0.3) is 28.0 Å². The quantitative estimate of drug-likeness (QED) is 0.424. The van der Waals surface area contributed by atoms with E-state index in [1.807, 2.05) is 48.7 Å². The maximum Gasteiger partial charge on any atom is 0.295 e. The highest BCUT2D eigenvalue weighted by Crippen LogP contribution is 2.25. The topological polar surface area (TPSA) is 82.2 Å². The zero-order valence-corrected chi connectivity index (χ0v) is 17.8. The Morgan fingerprint density at radius 1 is 1.00 bits per heavy atom. The molecule has 0 saturated heterocycles. The Balaban J connectivity index is 1.75. The fourth-order valence-electron chi connectivity index (χ4n) is 3.17. The molecular formula is C22H14ClN5O2S. The van der Waals surface area contributed by atoms with E-state index in [0.717, 1.165) is 32.7 Å². The fraction of sp³-hybridized carbons (Fsp3) is 0.0455. The summed E-state index contributed by atoms with van der Waals surface area (Å²) >= 11 is 7.16. The molecule has 3 heterocycles. The normalized spacial score (nSPS) is 12.0. The van der Waals surface area contributed by atoms with Crippen molar-refractivity contribution in [1.82, 2.24) is 24.4 Å². The van der Waals surface area contributed by atoms with Gasteiger partial charge in [0.15, 0.2) is 0 Å². The van der Waals surface area contributed by atoms with E-state index in [4.69, 9.17) is 16.7 Å². The Labute approximate surface area is 184 Å². The SMILES string of the molecule is Cc1nn2c(=O)/c(=C/c3cn(-c4ccccc4)nc3-c3ccc(Cl)cc3)sc2nc1=O. The number of fused-ring (bicyclic) bond motifs is 1. The minimum atomic E-state index is -0.438. The van der Waals surface area contributed by atoms with Crippen LogP contribution in [-0.2, 0) is 0 Å². The van der Waals surface area contributed by atoms with E-state index in [0.29, 0.717) is 15.2 Å². The largest absolute Gasteiger partial charge is 0.295 e. The van der Waals surface area contributed by atoms with Gasteiger partial charge in [-0.15, -0.1) is 0 Å². The summed E-state index contributed by atoms with van der Waals surface area (Å²) in [4.78, 5) is 28.9. The van der Waals surface area contributed by atoms with Crippen LogP contribution in [0.3, 0.4) is 0 Å². The van der Waals surface area contributed by atoms with Crippen molar-refractivity contribution in [3.8, 4) is 16.9 Å². The molecule has 2 aromatic carbocycles. The predicted molar refractivity (Wildman–Crippen MR) is 121 cm³/mol. The van der Waals surface area contributed by atoms with Crippen LogP contribution in [0.2, 0.25) is 5.02 Å². The predicted octanol–water partition coefficient (Wildman–Crippen LogP) is 2.87. The minimum Gasteiger partial charge on any atom is -0.266 e. The van der Waals surface area contributed by atoms with Crippen molar-refractivity contribution in [2.45, 2.75) is 6.92 Å². The van der Waals surface area contributed by atoms with Crippen LogP contribution in [0.4, 0.5) is 0 Å². The highest BCUT2D eigenvalue weighted by Gasteiger charge is 2.13. The molecule has 152 valence electrons. The number of aromatic nitrogens is 5. The molecule has 0 aliphatic rings. The summed E-state index contributed by atoms with van der Waals surface area (Å²) in [5.41, 5.74) is 2.61. The van der Waals surface area contributed by atoms with E-state index in [-0.39, 0.29) is 16.2 Å². The van der Waals surface area contributed by atoms with Crippen molar-refractivity contribution in [3.05, 3.63) is 102 Å². The number of nitrogens with zero attached hydrogens (tertiary/aromatic N) is 5. The lowest BCUT2D eigenvalue weighted by molar-refractivity contribution is 0.833. The van der Waals surface area contributed by atoms with E-state index in [1.165, 1.54) is 6.92 Å². The highest BCUT2D eigenvalue weighted by atomic mass is 35.5. The summed E-state index contributed by atoms with van der Waals surface area (Å²) in [6, 6.07) is 17.0. The van der Waals surface area contributed by atoms with Gasteiger partial charge in [-0.3, -0.25) is 9.59 Å². The molecular weight excluding hydrogens is 434 g/mol. The fourth-order valence-corrected chi connectivity index (χ4v) is 4.19. The van der Waals surface area contributed by atoms with Gasteiger partial charge in [-0.05, 0) is 37.3 Å². The molecule has 9 heteroatoms. The Morgan fingerprint density at radius 3 is 2.48 bits per heavy atom. The van der Waals surface area contributed by atoms with Crippen molar-refractivity contribution >= 4 is 34.0 Å². The Hall–Kier alpha value is -3.62. The minimum absolute atomic E-state index is 0.178. The summed E-state index contributed by atoms with van der Waals surface area (Å²) < 4.78 is 3.33. The molecule has 3 aromatic heterocycles. The van der Waals surface area contributed by atoms with Crippen LogP contribution in [0.15, 0.2) is 70.4 Å². The molecule has 5 aromatic rings. The molecule has 0 radical (unpaired) electrons. The van der Waals surface area contributed by atoms with Gasteiger partial charge in [0.2, 0.25) is 4.96 Å². The Bertz CT molecular complexity index is 1590. The average molecular weight is 448 g/mol. The third-order valence-corrected chi connectivity index (χ3v) is 5.92. The van der Waals surface area contributed by atoms with Gasteiger partial charge in [0.1, 0.15) is 11.4 Å². The lowest BCUT2D eigenvalue weighted by Gasteiger charge is -2.00. The Morgan fingerprint density at radius 2 is 1.74 bits per heavy atom. The number of rotatable bonds is 3. The zero-order valence-electron chi connectivity index (χ0n) is 16.2. The van der Waals surface area contributed by atoms with Crippen LogP contribution in [-0.4, -0.2) is 24.4 Å². The first kappa shape index (κ1) is 19.3. The van der Waals surface area contributed by atoms with Crippen LogP contribution >= 0.6 is 22.9 Å². The number of halogens is 1. The number of thiazole rings is 1. The van der Waals surface area contributed by atoms with Gasteiger partial charge >= 0.3 is 0 Å². The molecule has 0 amide bonds.